The number of aryl methyl sites for hydroxylation is 1. The fourth-order valence-corrected chi connectivity index (χ4v) is 10.4. The molecule has 0 radical (unpaired) electrons. The van der Waals surface area contributed by atoms with Gasteiger partial charge in [-0.2, -0.15) is 0 Å². The number of ether oxygens (including phenoxy) is 2. The van der Waals surface area contributed by atoms with Crippen LogP contribution in [0, 0.1) is 18.2 Å². The normalized spacial score (nSPS) is 24.1. The number of aliphatic hydroxyl groups is 1. The van der Waals surface area contributed by atoms with Gasteiger partial charge in [-0.3, -0.25) is 9.59 Å². The number of rotatable bonds is 5. The van der Waals surface area contributed by atoms with Crippen LogP contribution in [0.15, 0.2) is 16.9 Å². The fraction of sp³-hybridized carbons (Fsp3) is 0.528. The SMILES string of the molecule is CC[C@@]1(O)C(=O)OCc2c1cc1n(c2=O)Cc2c-1nc1cc(F)c(C)c3c1c2[C@@H](NC(=O)O[C@H]1CC[C@H](SSC(=O)C(C)(C)C)CC1)CC3. The Hall–Kier alpha value is -3.42. The molecule has 1 amide bonds. The zero-order valence-corrected chi connectivity index (χ0v) is 29.9. The first-order valence-corrected chi connectivity index (χ1v) is 19.1. The van der Waals surface area contributed by atoms with Crippen molar-refractivity contribution in [1.29, 1.82) is 0 Å². The van der Waals surface area contributed by atoms with Crippen LogP contribution in [-0.4, -0.2) is 43.2 Å². The highest BCUT2D eigenvalue weighted by atomic mass is 33.1. The predicted molar refractivity (Wildman–Crippen MR) is 186 cm³/mol. The Bertz CT molecular complexity index is 1980. The fourth-order valence-electron chi connectivity index (χ4n) is 7.51. The molecule has 260 valence electrons. The number of nitrogens with one attached hydrogen (secondary N) is 1. The average molecular weight is 710 g/mol. The number of aromatic nitrogens is 2. The predicted octanol–water partition coefficient (Wildman–Crippen LogP) is 6.51. The Morgan fingerprint density at radius 1 is 1.14 bits per heavy atom. The van der Waals surface area contributed by atoms with E-state index >= 15 is 4.39 Å². The highest BCUT2D eigenvalue weighted by Crippen LogP contribution is 2.46. The summed E-state index contributed by atoms with van der Waals surface area (Å²) in [7, 11) is 2.92. The molecule has 0 unspecified atom stereocenters. The summed E-state index contributed by atoms with van der Waals surface area (Å²) in [5, 5.41) is 15.6. The second-order valence-corrected chi connectivity index (χ2v) is 17.0. The summed E-state index contributed by atoms with van der Waals surface area (Å²) in [6.45, 7) is 9.05. The minimum Gasteiger partial charge on any atom is -0.458 e. The van der Waals surface area contributed by atoms with E-state index in [1.165, 1.54) is 16.9 Å². The molecule has 3 aromatic rings. The van der Waals surface area contributed by atoms with E-state index < -0.39 is 34.7 Å². The highest BCUT2D eigenvalue weighted by molar-refractivity contribution is 8.82. The van der Waals surface area contributed by atoms with Crippen LogP contribution in [0.1, 0.15) is 106 Å². The van der Waals surface area contributed by atoms with Gasteiger partial charge in [0.1, 0.15) is 18.5 Å². The number of hydrogen-bond acceptors (Lipinski definition) is 10. The third-order valence-electron chi connectivity index (χ3n) is 10.4. The molecular formula is C36H40FN3O7S2. The standard InChI is InChI=1S/C36H40FN3O7S2/c1-6-36(45)23-13-27-30-21(15-40(27)31(41)22(23)16-46-32(36)42)29-25(12-11-20-17(2)24(37)14-26(38-30)28(20)29)39-34(44)47-18-7-9-19(10-8-18)48-49-33(43)35(3,4)5/h13-14,18-19,25,45H,6-12,15-16H2,1-5H3,(H,39,44)/t18-,19-,25-,36-/m0/s1. The second kappa shape index (κ2) is 12.4. The van der Waals surface area contributed by atoms with E-state index in [0.29, 0.717) is 53.4 Å². The topological polar surface area (TPSA) is 137 Å². The minimum absolute atomic E-state index is 0.0171. The molecule has 1 aromatic carbocycles. The van der Waals surface area contributed by atoms with Gasteiger partial charge in [0.25, 0.3) is 5.56 Å². The maximum atomic E-state index is 15.2. The maximum absolute atomic E-state index is 15.2. The molecule has 0 bridgehead atoms. The van der Waals surface area contributed by atoms with Crippen molar-refractivity contribution in [2.45, 2.75) is 116 Å². The monoisotopic (exact) mass is 709 g/mol. The van der Waals surface area contributed by atoms with Gasteiger partial charge >= 0.3 is 12.1 Å². The van der Waals surface area contributed by atoms with E-state index in [-0.39, 0.29) is 47.7 Å². The second-order valence-electron chi connectivity index (χ2n) is 14.6. The number of alkyl carbamates (subject to hydrolysis) is 1. The summed E-state index contributed by atoms with van der Waals surface area (Å²) >= 11 is 0. The smallest absolute Gasteiger partial charge is 0.407 e. The van der Waals surface area contributed by atoms with Gasteiger partial charge in [0.15, 0.2) is 5.60 Å². The van der Waals surface area contributed by atoms with Gasteiger partial charge in [0.2, 0.25) is 5.12 Å². The number of esters is 1. The Morgan fingerprint density at radius 3 is 2.57 bits per heavy atom. The van der Waals surface area contributed by atoms with E-state index in [4.69, 9.17) is 14.5 Å². The summed E-state index contributed by atoms with van der Waals surface area (Å²) in [5.74, 6) is -1.19. The van der Waals surface area contributed by atoms with Gasteiger partial charge in [0, 0.05) is 33.2 Å². The van der Waals surface area contributed by atoms with Gasteiger partial charge < -0.3 is 24.5 Å². The van der Waals surface area contributed by atoms with Crippen molar-refractivity contribution in [1.82, 2.24) is 14.9 Å². The van der Waals surface area contributed by atoms with Gasteiger partial charge in [-0.1, -0.05) is 38.5 Å². The molecule has 10 nitrogen and oxygen atoms in total. The molecular weight excluding hydrogens is 670 g/mol. The molecule has 0 saturated heterocycles. The number of hydrogen-bond donors (Lipinski definition) is 2. The molecule has 7 rings (SSSR count). The molecule has 2 aromatic heterocycles. The molecule has 4 heterocycles. The van der Waals surface area contributed by atoms with Gasteiger partial charge in [0.05, 0.1) is 35.1 Å². The number of nitrogens with zero attached hydrogens (tertiary/aromatic N) is 2. The largest absolute Gasteiger partial charge is 0.458 e. The molecule has 2 atom stereocenters. The van der Waals surface area contributed by atoms with Gasteiger partial charge in [-0.05, 0) is 85.4 Å². The lowest BCUT2D eigenvalue weighted by molar-refractivity contribution is -0.172. The van der Waals surface area contributed by atoms with E-state index in [0.717, 1.165) is 34.9 Å². The Labute approximate surface area is 291 Å². The molecule has 2 aliphatic heterocycles. The summed E-state index contributed by atoms with van der Waals surface area (Å²) in [5.41, 5.74) is 1.81. The van der Waals surface area contributed by atoms with Crippen molar-refractivity contribution in [3.8, 4) is 11.4 Å². The third-order valence-corrected chi connectivity index (χ3v) is 13.6. The first-order chi connectivity index (χ1) is 23.2. The Morgan fingerprint density at radius 2 is 1.88 bits per heavy atom. The van der Waals surface area contributed by atoms with Crippen molar-refractivity contribution < 1.29 is 33.4 Å². The van der Waals surface area contributed by atoms with E-state index in [2.05, 4.69) is 5.32 Å². The van der Waals surface area contributed by atoms with Crippen LogP contribution in [0.4, 0.5) is 9.18 Å². The number of fused-ring (bicyclic) bond motifs is 5. The Balaban J connectivity index is 1.18. The van der Waals surface area contributed by atoms with Crippen molar-refractivity contribution in [3.05, 3.63) is 61.7 Å². The summed E-state index contributed by atoms with van der Waals surface area (Å²) in [4.78, 5) is 57.1. The number of amides is 1. The average Bonchev–Trinajstić information content (AvgIpc) is 3.43. The first kappa shape index (κ1) is 34.0. The lowest BCUT2D eigenvalue weighted by Gasteiger charge is -2.31. The number of cyclic esters (lactones) is 1. The van der Waals surface area contributed by atoms with Crippen LogP contribution in [0.2, 0.25) is 0 Å². The van der Waals surface area contributed by atoms with E-state index in [1.807, 2.05) is 20.8 Å². The maximum Gasteiger partial charge on any atom is 0.407 e. The molecule has 1 saturated carbocycles. The number of halogens is 1. The Kier molecular flexibility index (Phi) is 8.63. The number of carbonyl (C=O) groups is 3. The van der Waals surface area contributed by atoms with E-state index in [1.54, 1.807) is 35.3 Å². The summed E-state index contributed by atoms with van der Waals surface area (Å²) in [6, 6.07) is 2.55. The van der Waals surface area contributed by atoms with Crippen LogP contribution in [-0.2, 0) is 44.2 Å². The highest BCUT2D eigenvalue weighted by Gasteiger charge is 2.46. The van der Waals surface area contributed by atoms with Crippen molar-refractivity contribution >= 4 is 49.7 Å². The zero-order chi connectivity index (χ0) is 35.0. The van der Waals surface area contributed by atoms with Crippen LogP contribution >= 0.6 is 21.6 Å². The van der Waals surface area contributed by atoms with Crippen LogP contribution in [0.3, 0.4) is 0 Å². The molecule has 13 heteroatoms. The number of carbonyl (C=O) groups excluding carboxylic acids is 3. The van der Waals surface area contributed by atoms with Gasteiger partial charge in [-0.25, -0.2) is 19.0 Å². The van der Waals surface area contributed by atoms with Crippen molar-refractivity contribution in [3.63, 3.8) is 0 Å². The summed E-state index contributed by atoms with van der Waals surface area (Å²) < 4.78 is 27.9. The molecule has 0 spiro atoms. The van der Waals surface area contributed by atoms with Crippen LogP contribution in [0.5, 0.6) is 0 Å². The number of benzene rings is 1. The minimum atomic E-state index is -1.97. The van der Waals surface area contributed by atoms with Gasteiger partial charge in [-0.15, -0.1) is 0 Å². The van der Waals surface area contributed by atoms with Crippen molar-refractivity contribution in [2.75, 3.05) is 0 Å². The van der Waals surface area contributed by atoms with E-state index in [9.17, 15) is 24.3 Å². The molecule has 1 fully saturated rings. The zero-order valence-electron chi connectivity index (χ0n) is 28.2. The molecule has 2 aliphatic carbocycles. The third kappa shape index (κ3) is 5.75. The van der Waals surface area contributed by atoms with Crippen LogP contribution in [0.25, 0.3) is 22.3 Å². The lowest BCUT2D eigenvalue weighted by atomic mass is 9.81. The first-order valence-electron chi connectivity index (χ1n) is 16.9. The molecule has 4 aliphatic rings. The molecule has 49 heavy (non-hydrogen) atoms. The van der Waals surface area contributed by atoms with Crippen LogP contribution < -0.4 is 10.9 Å². The van der Waals surface area contributed by atoms with Crippen molar-refractivity contribution in [2.24, 2.45) is 5.41 Å². The number of pyridine rings is 2. The lowest BCUT2D eigenvalue weighted by Crippen LogP contribution is -2.44. The molecule has 2 N–H and O–H groups in total. The quantitative estimate of drug-likeness (QED) is 0.174. The summed E-state index contributed by atoms with van der Waals surface area (Å²) in [6.07, 6.45) is 3.35.